The summed E-state index contributed by atoms with van der Waals surface area (Å²) in [6.45, 7) is 6.14. The molecule has 0 saturated heterocycles. The maximum atomic E-state index is 6.83. The van der Waals surface area contributed by atoms with Crippen molar-refractivity contribution in [1.82, 2.24) is 0 Å². The molecule has 1 aliphatic heterocycles. The summed E-state index contributed by atoms with van der Waals surface area (Å²) in [5, 5.41) is 3.38. The summed E-state index contributed by atoms with van der Waals surface area (Å²) in [6, 6.07) is 82.6. The van der Waals surface area contributed by atoms with Gasteiger partial charge in [-0.15, -0.1) is 0 Å². The number of nitrogens with zero attached hydrogens (tertiary/aromatic N) is 1. The van der Waals surface area contributed by atoms with Crippen molar-refractivity contribution in [3.8, 4) is 56.0 Å². The maximum Gasteiger partial charge on any atom is 0.241 e. The molecular weight excluding hydrogens is 838 g/mol. The SMILES string of the molecule is C=C/C=C\c1oc2c(N(c3ccc(-c4ccc5c(c4)Oc4cccc6c(-c7ccc(B(c8ccccc8)c8ccccc8)cc7)ccc-5c46)cc3)c3ccccc3-c3ccccc3)cccc2c1C. The predicted molar refractivity (Wildman–Crippen MR) is 292 cm³/mol. The highest BCUT2D eigenvalue weighted by atomic mass is 16.5. The smallest absolute Gasteiger partial charge is 0.241 e. The summed E-state index contributed by atoms with van der Waals surface area (Å²) in [5.74, 6) is 2.54. The van der Waals surface area contributed by atoms with Gasteiger partial charge < -0.3 is 14.1 Å². The van der Waals surface area contributed by atoms with E-state index in [2.05, 4.69) is 249 Å². The molecule has 11 aromatic rings. The number of allylic oxidation sites excluding steroid dienone is 2. The minimum absolute atomic E-state index is 0.147. The number of fused-ring (bicyclic) bond motifs is 3. The molecule has 3 nitrogen and oxygen atoms in total. The molecule has 1 aliphatic rings. The Morgan fingerprint density at radius 3 is 1.77 bits per heavy atom. The van der Waals surface area contributed by atoms with Gasteiger partial charge in [-0.05, 0) is 94.2 Å². The average Bonchev–Trinajstić information content (AvgIpc) is 3.74. The summed E-state index contributed by atoms with van der Waals surface area (Å²) < 4.78 is 13.5. The molecule has 0 spiro atoms. The Hall–Kier alpha value is -8.86. The van der Waals surface area contributed by atoms with Crippen LogP contribution in [-0.2, 0) is 0 Å². The van der Waals surface area contributed by atoms with E-state index in [4.69, 9.17) is 9.15 Å². The third-order valence-corrected chi connectivity index (χ3v) is 13.6. The first-order chi connectivity index (χ1) is 34.1. The van der Waals surface area contributed by atoms with E-state index in [0.717, 1.165) is 84.1 Å². The van der Waals surface area contributed by atoms with Gasteiger partial charge in [0.15, 0.2) is 5.58 Å². The van der Waals surface area contributed by atoms with E-state index in [1.165, 1.54) is 38.5 Å². The van der Waals surface area contributed by atoms with Crippen molar-refractivity contribution in [2.24, 2.45) is 0 Å². The lowest BCUT2D eigenvalue weighted by Crippen LogP contribution is -2.51. The van der Waals surface area contributed by atoms with Gasteiger partial charge in [-0.1, -0.05) is 223 Å². The van der Waals surface area contributed by atoms with Crippen LogP contribution in [0.4, 0.5) is 17.1 Å². The highest BCUT2D eigenvalue weighted by Crippen LogP contribution is 2.50. The number of hydrogen-bond donors (Lipinski definition) is 0. The molecule has 10 aromatic carbocycles. The van der Waals surface area contributed by atoms with Crippen molar-refractivity contribution in [2.45, 2.75) is 6.92 Å². The average molecular weight is 884 g/mol. The standard InChI is InChI=1S/C65H46BNO2/c1-3-4-29-61-44(2)53-25-16-28-60(65(53)69-61)67(59-27-15-14-24-55(59)46-18-8-5-9-19-46)52-38-33-45(34-39-52)48-35-40-56-58-42-41-54(57-26-17-30-62(64(57)58)68-63(56)43-48)47-31-36-51(37-32-47)66(49-20-10-6-11-21-49)50-22-12-7-13-23-50/h3-43H,1H2,2H3/b29-4-. The fourth-order valence-corrected chi connectivity index (χ4v) is 10.3. The van der Waals surface area contributed by atoms with Crippen molar-refractivity contribution in [3.05, 3.63) is 261 Å². The van der Waals surface area contributed by atoms with E-state index in [9.17, 15) is 0 Å². The molecule has 0 N–H and O–H groups in total. The second-order valence-electron chi connectivity index (χ2n) is 17.6. The Morgan fingerprint density at radius 1 is 0.449 bits per heavy atom. The Balaban J connectivity index is 0.890. The van der Waals surface area contributed by atoms with Crippen LogP contribution in [0.15, 0.2) is 254 Å². The highest BCUT2D eigenvalue weighted by Gasteiger charge is 2.26. The molecule has 1 aromatic heterocycles. The van der Waals surface area contributed by atoms with Gasteiger partial charge in [0.1, 0.15) is 17.3 Å². The molecule has 326 valence electrons. The molecule has 0 amide bonds. The van der Waals surface area contributed by atoms with Gasteiger partial charge >= 0.3 is 0 Å². The number of furan rings is 1. The van der Waals surface area contributed by atoms with Crippen molar-refractivity contribution >= 4 is 68.0 Å². The minimum Gasteiger partial charge on any atom is -0.456 e. The molecule has 0 bridgehead atoms. The van der Waals surface area contributed by atoms with Crippen LogP contribution < -0.4 is 26.0 Å². The van der Waals surface area contributed by atoms with Gasteiger partial charge in [0, 0.05) is 33.2 Å². The fourth-order valence-electron chi connectivity index (χ4n) is 10.3. The van der Waals surface area contributed by atoms with Crippen LogP contribution in [0, 0.1) is 6.92 Å². The number of anilines is 3. The van der Waals surface area contributed by atoms with E-state index in [0.29, 0.717) is 0 Å². The van der Waals surface area contributed by atoms with Crippen molar-refractivity contribution < 1.29 is 9.15 Å². The minimum atomic E-state index is 0.147. The van der Waals surface area contributed by atoms with Crippen LogP contribution in [0.3, 0.4) is 0 Å². The third kappa shape index (κ3) is 7.53. The highest BCUT2D eigenvalue weighted by molar-refractivity contribution is 6.95. The molecule has 69 heavy (non-hydrogen) atoms. The number of aryl methyl sites for hydroxylation is 1. The topological polar surface area (TPSA) is 25.6 Å². The first kappa shape index (κ1) is 41.6. The molecule has 12 rings (SSSR count). The number of rotatable bonds is 11. The zero-order valence-electron chi connectivity index (χ0n) is 38.2. The Bertz CT molecular complexity index is 3670. The summed E-state index contributed by atoms with van der Waals surface area (Å²) in [4.78, 5) is 2.32. The molecular formula is C65H46BNO2. The first-order valence-electron chi connectivity index (χ1n) is 23.6. The molecule has 0 unspecified atom stereocenters. The fraction of sp³-hybridized carbons (Fsp3) is 0.0154. The number of para-hydroxylation sites is 2. The lowest BCUT2D eigenvalue weighted by molar-refractivity contribution is 0.487. The second kappa shape index (κ2) is 17.7. The summed E-state index contributed by atoms with van der Waals surface area (Å²) in [5.41, 5.74) is 17.8. The molecule has 0 fully saturated rings. The lowest BCUT2D eigenvalue weighted by Gasteiger charge is -2.28. The van der Waals surface area contributed by atoms with Gasteiger partial charge in [0.2, 0.25) is 6.71 Å². The van der Waals surface area contributed by atoms with E-state index in [-0.39, 0.29) is 6.71 Å². The van der Waals surface area contributed by atoms with Crippen LogP contribution in [0.5, 0.6) is 11.5 Å². The second-order valence-corrected chi connectivity index (χ2v) is 17.6. The molecule has 2 heterocycles. The van der Waals surface area contributed by atoms with Gasteiger partial charge in [0.25, 0.3) is 0 Å². The molecule has 0 aliphatic carbocycles. The van der Waals surface area contributed by atoms with Gasteiger partial charge in [-0.2, -0.15) is 0 Å². The largest absolute Gasteiger partial charge is 0.456 e. The number of hydrogen-bond acceptors (Lipinski definition) is 3. The molecule has 4 heteroatoms. The zero-order chi connectivity index (χ0) is 46.3. The van der Waals surface area contributed by atoms with Gasteiger partial charge in [-0.3, -0.25) is 0 Å². The van der Waals surface area contributed by atoms with E-state index in [1.807, 2.05) is 12.2 Å². The quantitative estimate of drug-likeness (QED) is 0.0956. The summed E-state index contributed by atoms with van der Waals surface area (Å²) in [7, 11) is 0. The predicted octanol–water partition coefficient (Wildman–Crippen LogP) is 15.9. The third-order valence-electron chi connectivity index (χ3n) is 13.6. The van der Waals surface area contributed by atoms with Gasteiger partial charge in [-0.25, -0.2) is 0 Å². The Labute approximate surface area is 403 Å². The Morgan fingerprint density at radius 2 is 1.03 bits per heavy atom. The van der Waals surface area contributed by atoms with Crippen LogP contribution in [0.25, 0.3) is 72.3 Å². The zero-order valence-corrected chi connectivity index (χ0v) is 38.2. The van der Waals surface area contributed by atoms with E-state index < -0.39 is 0 Å². The maximum absolute atomic E-state index is 6.83. The van der Waals surface area contributed by atoms with Crippen LogP contribution in [-0.4, -0.2) is 6.71 Å². The normalized spacial score (nSPS) is 11.7. The van der Waals surface area contributed by atoms with Gasteiger partial charge in [0.05, 0.1) is 11.4 Å². The first-order valence-corrected chi connectivity index (χ1v) is 23.6. The van der Waals surface area contributed by atoms with Crippen LogP contribution in [0.2, 0.25) is 0 Å². The number of ether oxygens (including phenoxy) is 1. The van der Waals surface area contributed by atoms with Crippen molar-refractivity contribution in [3.63, 3.8) is 0 Å². The van der Waals surface area contributed by atoms with Crippen molar-refractivity contribution in [2.75, 3.05) is 4.90 Å². The molecule has 0 atom stereocenters. The van der Waals surface area contributed by atoms with E-state index in [1.54, 1.807) is 6.08 Å². The van der Waals surface area contributed by atoms with Crippen LogP contribution in [0.1, 0.15) is 11.3 Å². The molecule has 0 saturated carbocycles. The van der Waals surface area contributed by atoms with E-state index >= 15 is 0 Å². The summed E-state index contributed by atoms with van der Waals surface area (Å²) in [6.07, 6.45) is 5.67. The van der Waals surface area contributed by atoms with Crippen LogP contribution >= 0.6 is 0 Å². The monoisotopic (exact) mass is 883 g/mol. The van der Waals surface area contributed by atoms with Crippen molar-refractivity contribution in [1.29, 1.82) is 0 Å². The lowest BCUT2D eigenvalue weighted by atomic mass is 9.37. The number of benzene rings is 10. The summed E-state index contributed by atoms with van der Waals surface area (Å²) >= 11 is 0. The Kier molecular flexibility index (Phi) is 10.7. The molecule has 0 radical (unpaired) electrons.